The van der Waals surface area contributed by atoms with Crippen LogP contribution in [-0.2, 0) is 0 Å². The van der Waals surface area contributed by atoms with E-state index in [4.69, 9.17) is 5.73 Å². The van der Waals surface area contributed by atoms with Gasteiger partial charge in [-0.3, -0.25) is 9.88 Å². The summed E-state index contributed by atoms with van der Waals surface area (Å²) in [6.07, 6.45) is 9.29. The largest absolute Gasteiger partial charge is 0.396 e. The molecule has 0 aliphatic carbocycles. The molecule has 2 aromatic heterocycles. The van der Waals surface area contributed by atoms with Crippen LogP contribution < -0.4 is 11.1 Å². The molecule has 21 heavy (non-hydrogen) atoms. The quantitative estimate of drug-likeness (QED) is 0.903. The molecule has 3 heterocycles. The van der Waals surface area contributed by atoms with Crippen LogP contribution in [0.15, 0.2) is 42.9 Å². The molecule has 3 rings (SSSR count). The summed E-state index contributed by atoms with van der Waals surface area (Å²) in [5.41, 5.74) is 7.89. The average Bonchev–Trinajstić information content (AvgIpc) is 2.56. The molecule has 1 fully saturated rings. The standard InChI is InChI=1S/C16H21N5/c17-14-5-4-8-19-15(14)20-16(13-6-9-18-10-7-13)21-11-2-1-3-12-21/h4-10,16H,1-3,11-12,17H2,(H,19,20). The molecule has 0 amide bonds. The lowest BCUT2D eigenvalue weighted by atomic mass is 10.1. The Morgan fingerprint density at radius 3 is 2.52 bits per heavy atom. The molecule has 3 N–H and O–H groups in total. The molecule has 5 nitrogen and oxygen atoms in total. The summed E-state index contributed by atoms with van der Waals surface area (Å²) < 4.78 is 0. The van der Waals surface area contributed by atoms with E-state index in [0.717, 1.165) is 18.9 Å². The van der Waals surface area contributed by atoms with Gasteiger partial charge in [0.25, 0.3) is 0 Å². The van der Waals surface area contributed by atoms with Gasteiger partial charge in [-0.25, -0.2) is 4.98 Å². The number of hydrogen-bond donors (Lipinski definition) is 2. The van der Waals surface area contributed by atoms with Crippen LogP contribution >= 0.6 is 0 Å². The van der Waals surface area contributed by atoms with E-state index in [-0.39, 0.29) is 6.17 Å². The molecule has 1 atom stereocenters. The summed E-state index contributed by atoms with van der Waals surface area (Å²) in [7, 11) is 0. The van der Waals surface area contributed by atoms with Crippen LogP contribution in [0.25, 0.3) is 0 Å². The van der Waals surface area contributed by atoms with Gasteiger partial charge < -0.3 is 11.1 Å². The van der Waals surface area contributed by atoms with Crippen molar-refractivity contribution in [1.29, 1.82) is 0 Å². The van der Waals surface area contributed by atoms with Crippen molar-refractivity contribution in [2.75, 3.05) is 24.1 Å². The Bertz CT molecular complexity index is 566. The Balaban J connectivity index is 1.87. The van der Waals surface area contributed by atoms with Crippen molar-refractivity contribution >= 4 is 11.5 Å². The van der Waals surface area contributed by atoms with Gasteiger partial charge in [-0.1, -0.05) is 6.42 Å². The highest BCUT2D eigenvalue weighted by atomic mass is 15.3. The van der Waals surface area contributed by atoms with Gasteiger partial charge in [0.15, 0.2) is 5.82 Å². The molecule has 0 saturated carbocycles. The summed E-state index contributed by atoms with van der Waals surface area (Å²) in [6.45, 7) is 2.18. The minimum Gasteiger partial charge on any atom is -0.396 e. The predicted molar refractivity (Wildman–Crippen MR) is 84.7 cm³/mol. The minimum atomic E-state index is 0.0884. The Kier molecular flexibility index (Phi) is 4.31. The van der Waals surface area contributed by atoms with Crippen LogP contribution in [0.1, 0.15) is 31.0 Å². The summed E-state index contributed by atoms with van der Waals surface area (Å²) in [6, 6.07) is 7.81. The molecule has 0 bridgehead atoms. The third-order valence-electron chi connectivity index (χ3n) is 3.89. The maximum Gasteiger partial charge on any atom is 0.150 e. The van der Waals surface area contributed by atoms with E-state index in [1.54, 1.807) is 6.20 Å². The molecule has 1 saturated heterocycles. The van der Waals surface area contributed by atoms with E-state index in [1.165, 1.54) is 24.8 Å². The topological polar surface area (TPSA) is 67.1 Å². The number of piperidine rings is 1. The van der Waals surface area contributed by atoms with Crippen molar-refractivity contribution in [2.24, 2.45) is 0 Å². The zero-order valence-electron chi connectivity index (χ0n) is 12.1. The van der Waals surface area contributed by atoms with Crippen LogP contribution in [0.3, 0.4) is 0 Å². The van der Waals surface area contributed by atoms with Crippen LogP contribution in [0.5, 0.6) is 0 Å². The lowest BCUT2D eigenvalue weighted by Gasteiger charge is -2.35. The normalized spacial score (nSPS) is 17.3. The molecule has 5 heteroatoms. The number of rotatable bonds is 4. The van der Waals surface area contributed by atoms with Gasteiger partial charge in [-0.2, -0.15) is 0 Å². The number of nitrogen functional groups attached to an aromatic ring is 1. The Morgan fingerprint density at radius 2 is 1.81 bits per heavy atom. The van der Waals surface area contributed by atoms with Gasteiger partial charge in [0.2, 0.25) is 0 Å². The van der Waals surface area contributed by atoms with Gasteiger partial charge in [0.05, 0.1) is 5.69 Å². The zero-order chi connectivity index (χ0) is 14.5. The van der Waals surface area contributed by atoms with Gasteiger partial charge in [0, 0.05) is 31.7 Å². The molecule has 1 aliphatic rings. The summed E-state index contributed by atoms with van der Waals surface area (Å²) in [5.74, 6) is 0.741. The summed E-state index contributed by atoms with van der Waals surface area (Å²) >= 11 is 0. The van der Waals surface area contributed by atoms with Gasteiger partial charge in [0.1, 0.15) is 6.17 Å². The first-order valence-corrected chi connectivity index (χ1v) is 7.45. The molecule has 110 valence electrons. The van der Waals surface area contributed by atoms with Crippen molar-refractivity contribution in [1.82, 2.24) is 14.9 Å². The van der Waals surface area contributed by atoms with Gasteiger partial charge in [-0.15, -0.1) is 0 Å². The Morgan fingerprint density at radius 1 is 1.05 bits per heavy atom. The molecular weight excluding hydrogens is 262 g/mol. The van der Waals surface area contributed by atoms with Crippen molar-refractivity contribution < 1.29 is 0 Å². The lowest BCUT2D eigenvalue weighted by molar-refractivity contribution is 0.180. The minimum absolute atomic E-state index is 0.0884. The first-order valence-electron chi connectivity index (χ1n) is 7.45. The third kappa shape index (κ3) is 3.31. The van der Waals surface area contributed by atoms with Crippen LogP contribution in [0.4, 0.5) is 11.5 Å². The van der Waals surface area contributed by atoms with Crippen LogP contribution in [0.2, 0.25) is 0 Å². The molecule has 1 aliphatic heterocycles. The number of nitrogens with two attached hydrogens (primary N) is 1. The van der Waals surface area contributed by atoms with E-state index in [1.807, 2.05) is 36.7 Å². The molecule has 0 spiro atoms. The number of hydrogen-bond acceptors (Lipinski definition) is 5. The van der Waals surface area contributed by atoms with Crippen molar-refractivity contribution in [3.05, 3.63) is 48.4 Å². The highest BCUT2D eigenvalue weighted by Gasteiger charge is 2.23. The summed E-state index contributed by atoms with van der Waals surface area (Å²) in [5, 5.41) is 3.50. The van der Waals surface area contributed by atoms with Crippen molar-refractivity contribution in [3.8, 4) is 0 Å². The number of anilines is 2. The zero-order valence-corrected chi connectivity index (χ0v) is 12.1. The molecule has 1 unspecified atom stereocenters. The molecule has 0 aromatic carbocycles. The monoisotopic (exact) mass is 283 g/mol. The maximum atomic E-state index is 6.02. The Hall–Kier alpha value is -2.14. The van der Waals surface area contributed by atoms with Gasteiger partial charge in [-0.05, 0) is 42.7 Å². The highest BCUT2D eigenvalue weighted by Crippen LogP contribution is 2.27. The number of aromatic nitrogens is 2. The van der Waals surface area contributed by atoms with Crippen LogP contribution in [0, 0.1) is 0 Å². The molecule has 0 radical (unpaired) electrons. The van der Waals surface area contributed by atoms with E-state index in [9.17, 15) is 0 Å². The second kappa shape index (κ2) is 6.54. The van der Waals surface area contributed by atoms with E-state index in [0.29, 0.717) is 5.69 Å². The van der Waals surface area contributed by atoms with E-state index < -0.39 is 0 Å². The smallest absolute Gasteiger partial charge is 0.150 e. The van der Waals surface area contributed by atoms with Crippen molar-refractivity contribution in [2.45, 2.75) is 25.4 Å². The van der Waals surface area contributed by atoms with E-state index in [2.05, 4.69) is 20.2 Å². The van der Waals surface area contributed by atoms with Crippen molar-refractivity contribution in [3.63, 3.8) is 0 Å². The highest BCUT2D eigenvalue weighted by molar-refractivity contribution is 5.61. The number of nitrogens with one attached hydrogen (secondary N) is 1. The predicted octanol–water partition coefficient (Wildman–Crippen LogP) is 2.66. The number of likely N-dealkylation sites (tertiary alicyclic amines) is 1. The van der Waals surface area contributed by atoms with E-state index >= 15 is 0 Å². The fraction of sp³-hybridized carbons (Fsp3) is 0.375. The fourth-order valence-corrected chi connectivity index (χ4v) is 2.78. The third-order valence-corrected chi connectivity index (χ3v) is 3.89. The number of nitrogens with zero attached hydrogens (tertiary/aromatic N) is 3. The average molecular weight is 283 g/mol. The number of pyridine rings is 2. The maximum absolute atomic E-state index is 6.02. The molecular formula is C16H21N5. The first-order chi connectivity index (χ1) is 10.3. The second-order valence-electron chi connectivity index (χ2n) is 5.37. The van der Waals surface area contributed by atoms with Crippen LogP contribution in [-0.4, -0.2) is 28.0 Å². The fourth-order valence-electron chi connectivity index (χ4n) is 2.78. The first kappa shape index (κ1) is 13.8. The van der Waals surface area contributed by atoms with Gasteiger partial charge >= 0.3 is 0 Å². The Labute approximate surface area is 125 Å². The second-order valence-corrected chi connectivity index (χ2v) is 5.37. The SMILES string of the molecule is Nc1cccnc1NC(c1ccncc1)N1CCCCC1. The molecule has 2 aromatic rings. The lowest BCUT2D eigenvalue weighted by Crippen LogP contribution is -2.38. The summed E-state index contributed by atoms with van der Waals surface area (Å²) in [4.78, 5) is 10.9.